The molecule has 230 valence electrons. The van der Waals surface area contributed by atoms with Crippen LogP contribution in [-0.2, 0) is 39.2 Å². The van der Waals surface area contributed by atoms with E-state index < -0.39 is 42.7 Å². The number of aromatic nitrogens is 2. The monoisotopic (exact) mass is 658 g/mol. The topological polar surface area (TPSA) is 111 Å². The number of benzene rings is 1. The Hall–Kier alpha value is -3.76. The molecule has 3 aromatic heterocycles. The first-order valence-corrected chi connectivity index (χ1v) is 15.8. The number of rotatable bonds is 9. The number of alkyl halides is 3. The molecule has 0 atom stereocenters. The summed E-state index contributed by atoms with van der Waals surface area (Å²) in [5.41, 5.74) is 0.305. The first-order chi connectivity index (χ1) is 20.2. The van der Waals surface area contributed by atoms with Gasteiger partial charge in [-0.25, -0.2) is 19.0 Å². The number of thiophene rings is 2. The fourth-order valence-corrected chi connectivity index (χ4v) is 7.72. The molecule has 0 bridgehead atoms. The van der Waals surface area contributed by atoms with Gasteiger partial charge in [-0.2, -0.15) is 21.6 Å². The lowest BCUT2D eigenvalue weighted by Crippen LogP contribution is -2.46. The quantitative estimate of drug-likeness (QED) is 0.167. The van der Waals surface area contributed by atoms with Crippen LogP contribution in [0.5, 0.6) is 0 Å². The Morgan fingerprint density at radius 3 is 2.49 bits per heavy atom. The van der Waals surface area contributed by atoms with E-state index in [1.54, 1.807) is 41.4 Å². The summed E-state index contributed by atoms with van der Waals surface area (Å²) in [5, 5.41) is 3.84. The van der Waals surface area contributed by atoms with Crippen molar-refractivity contribution in [2.24, 2.45) is 5.92 Å². The number of nitrogens with one attached hydrogen (secondary N) is 1. The van der Waals surface area contributed by atoms with Crippen LogP contribution in [0, 0.1) is 18.7 Å². The highest BCUT2D eigenvalue weighted by atomic mass is 32.2. The third kappa shape index (κ3) is 7.61. The number of carbonyl (C=O) groups excluding carboxylic acids is 2. The van der Waals surface area contributed by atoms with Gasteiger partial charge in [0.15, 0.2) is 4.21 Å². The lowest BCUT2D eigenvalue weighted by Gasteiger charge is -2.21. The Labute approximate surface area is 252 Å². The van der Waals surface area contributed by atoms with E-state index in [1.807, 2.05) is 13.8 Å². The summed E-state index contributed by atoms with van der Waals surface area (Å²) < 4.78 is 82.8. The fraction of sp³-hybridized carbons (Fsp3) is 0.296. The van der Waals surface area contributed by atoms with Crippen LogP contribution in [0.3, 0.4) is 0 Å². The first kappa shape index (κ1) is 32.2. The number of aryl methyl sites for hydroxylation is 1. The normalized spacial score (nSPS) is 12.0. The summed E-state index contributed by atoms with van der Waals surface area (Å²) in [7, 11) is -5.24. The minimum Gasteiger partial charge on any atom is -0.331 e. The first-order valence-electron chi connectivity index (χ1n) is 12.7. The van der Waals surface area contributed by atoms with Crippen molar-refractivity contribution in [3.63, 3.8) is 0 Å². The lowest BCUT2D eigenvalue weighted by molar-refractivity contribution is -0.216. The summed E-state index contributed by atoms with van der Waals surface area (Å²) >= 11 is 1.89. The van der Waals surface area contributed by atoms with Crippen molar-refractivity contribution in [1.29, 1.82) is 0 Å². The zero-order valence-electron chi connectivity index (χ0n) is 23.0. The average Bonchev–Trinajstić information content (AvgIpc) is 3.68. The number of imidazole rings is 1. The molecular weight excluding hydrogens is 633 g/mol. The number of sulfonamides is 1. The van der Waals surface area contributed by atoms with Gasteiger partial charge in [-0.15, -0.1) is 22.7 Å². The highest BCUT2D eigenvalue weighted by molar-refractivity contribution is 7.91. The number of carbonyl (C=O) groups is 2. The van der Waals surface area contributed by atoms with Gasteiger partial charge in [0.05, 0.1) is 13.1 Å². The molecule has 0 spiro atoms. The van der Waals surface area contributed by atoms with Crippen LogP contribution >= 0.6 is 22.7 Å². The van der Waals surface area contributed by atoms with E-state index >= 15 is 4.39 Å². The van der Waals surface area contributed by atoms with Crippen molar-refractivity contribution in [1.82, 2.24) is 19.3 Å². The van der Waals surface area contributed by atoms with Crippen molar-refractivity contribution < 1.29 is 40.4 Å². The summed E-state index contributed by atoms with van der Waals surface area (Å²) in [5.74, 6) is -2.88. The summed E-state index contributed by atoms with van der Waals surface area (Å²) in [4.78, 5) is 34.0. The molecule has 1 N–H and O–H groups in total. The maximum Gasteiger partial charge on any atom is 0.493 e. The Morgan fingerprint density at radius 1 is 1.16 bits per heavy atom. The molecule has 4 rings (SSSR count). The Balaban J connectivity index is 1.76. The Morgan fingerprint density at radius 2 is 1.91 bits per heavy atom. The van der Waals surface area contributed by atoms with Crippen LogP contribution < -0.4 is 5.32 Å². The number of urea groups is 1. The van der Waals surface area contributed by atoms with E-state index in [1.165, 1.54) is 29.5 Å². The Kier molecular flexibility index (Phi) is 9.61. The maximum atomic E-state index is 15.3. The molecule has 0 saturated carbocycles. The molecule has 1 aromatic carbocycles. The second-order valence-electron chi connectivity index (χ2n) is 9.77. The van der Waals surface area contributed by atoms with E-state index in [2.05, 4.69) is 15.1 Å². The molecule has 16 heteroatoms. The van der Waals surface area contributed by atoms with Gasteiger partial charge >= 0.3 is 28.2 Å². The highest BCUT2D eigenvalue weighted by Crippen LogP contribution is 2.39. The predicted molar refractivity (Wildman–Crippen MR) is 152 cm³/mol. The molecule has 4 aromatic rings. The van der Waals surface area contributed by atoms with Crippen LogP contribution in [0.4, 0.5) is 22.4 Å². The molecule has 2 amide bonds. The standard InChI is InChI=1S/C27H26F4N4O5S3/c1-16(2)11-21-13-22(18-6-7-19(23(28)12-18)15-34-9-8-32-17(34)3)24(42-21)43(38,39)35(40-25(36)27(29,30)31)26(37)33-14-20-5-4-10-41-20/h4-10,12-13,16H,11,14-15H2,1-3H3,(H,33,37). The molecule has 0 radical (unpaired) electrons. The number of hydrogen-bond acceptors (Lipinski definition) is 8. The van der Waals surface area contributed by atoms with E-state index in [9.17, 15) is 31.2 Å². The third-order valence-electron chi connectivity index (χ3n) is 6.00. The fourth-order valence-electron chi connectivity index (χ4n) is 3.96. The van der Waals surface area contributed by atoms with Gasteiger partial charge < -0.3 is 14.7 Å². The number of halogens is 4. The molecule has 0 aliphatic carbocycles. The molecule has 0 unspecified atom stereocenters. The van der Waals surface area contributed by atoms with Gasteiger partial charge in [-0.1, -0.05) is 32.0 Å². The van der Waals surface area contributed by atoms with Gasteiger partial charge in [-0.05, 0) is 52.9 Å². The van der Waals surface area contributed by atoms with Crippen LogP contribution in [0.15, 0.2) is 58.4 Å². The van der Waals surface area contributed by atoms with Crippen molar-refractivity contribution >= 4 is 44.7 Å². The van der Waals surface area contributed by atoms with Crippen LogP contribution in [0.2, 0.25) is 0 Å². The summed E-state index contributed by atoms with van der Waals surface area (Å²) in [6.45, 7) is 5.39. The molecule has 9 nitrogen and oxygen atoms in total. The van der Waals surface area contributed by atoms with Crippen molar-refractivity contribution in [2.45, 2.75) is 50.7 Å². The number of hydrogen-bond donors (Lipinski definition) is 1. The highest BCUT2D eigenvalue weighted by Gasteiger charge is 2.47. The van der Waals surface area contributed by atoms with Gasteiger partial charge in [0, 0.05) is 33.3 Å². The zero-order valence-corrected chi connectivity index (χ0v) is 25.5. The van der Waals surface area contributed by atoms with Crippen molar-refractivity contribution in [3.8, 4) is 11.1 Å². The minimum absolute atomic E-state index is 0.0489. The summed E-state index contributed by atoms with van der Waals surface area (Å²) in [6, 6.07) is 7.13. The maximum absolute atomic E-state index is 15.3. The molecule has 3 heterocycles. The average molecular weight is 659 g/mol. The van der Waals surface area contributed by atoms with E-state index in [-0.39, 0.29) is 35.7 Å². The van der Waals surface area contributed by atoms with Crippen LogP contribution in [0.1, 0.15) is 35.0 Å². The SMILES string of the molecule is Cc1nccn1Cc1ccc(-c2cc(CC(C)C)sc2S(=O)(=O)N(OC(=O)C(F)(F)F)C(=O)NCc2cccs2)cc1F. The van der Waals surface area contributed by atoms with Gasteiger partial charge in [0.25, 0.3) is 0 Å². The van der Waals surface area contributed by atoms with E-state index in [4.69, 9.17) is 0 Å². The number of amides is 2. The van der Waals surface area contributed by atoms with Crippen LogP contribution in [-0.4, -0.2) is 40.6 Å². The van der Waals surface area contributed by atoms with Gasteiger partial charge in [0.2, 0.25) is 0 Å². The second-order valence-corrected chi connectivity index (χ2v) is 13.9. The molecule has 43 heavy (non-hydrogen) atoms. The van der Waals surface area contributed by atoms with Gasteiger partial charge in [-0.3, -0.25) is 0 Å². The predicted octanol–water partition coefficient (Wildman–Crippen LogP) is 6.29. The lowest BCUT2D eigenvalue weighted by atomic mass is 10.0. The second kappa shape index (κ2) is 12.9. The zero-order chi connectivity index (χ0) is 31.5. The minimum atomic E-state index is -5.60. The molecule has 0 aliphatic rings. The largest absolute Gasteiger partial charge is 0.493 e. The molecule has 0 fully saturated rings. The third-order valence-corrected chi connectivity index (χ3v) is 10.1. The molecule has 0 aliphatic heterocycles. The van der Waals surface area contributed by atoms with Gasteiger partial charge in [0.1, 0.15) is 11.6 Å². The number of nitrogens with zero attached hydrogens (tertiary/aromatic N) is 3. The van der Waals surface area contributed by atoms with Crippen LogP contribution in [0.25, 0.3) is 11.1 Å². The number of hydroxylamine groups is 1. The summed E-state index contributed by atoms with van der Waals surface area (Å²) in [6.07, 6.45) is -1.99. The van der Waals surface area contributed by atoms with E-state index in [0.717, 1.165) is 6.07 Å². The van der Waals surface area contributed by atoms with Crippen molar-refractivity contribution in [3.05, 3.63) is 81.1 Å². The molecular formula is C27H26F4N4O5S3. The molecule has 0 saturated heterocycles. The van der Waals surface area contributed by atoms with Crippen molar-refractivity contribution in [2.75, 3.05) is 0 Å². The Bertz CT molecular complexity index is 1710. The smallest absolute Gasteiger partial charge is 0.331 e. The van der Waals surface area contributed by atoms with E-state index in [0.29, 0.717) is 33.3 Å².